The molecule has 0 radical (unpaired) electrons. The predicted octanol–water partition coefficient (Wildman–Crippen LogP) is 3.34. The number of nitrogens with one attached hydrogen (secondary N) is 1. The van der Waals surface area contributed by atoms with E-state index in [1.165, 1.54) is 70.8 Å². The van der Waals surface area contributed by atoms with E-state index in [4.69, 9.17) is 0 Å². The van der Waals surface area contributed by atoms with Crippen LogP contribution in [0.15, 0.2) is 0 Å². The molecule has 2 rings (SSSR count). The van der Waals surface area contributed by atoms with Gasteiger partial charge in [0.05, 0.1) is 0 Å². The molecular formula is C14H28N2. The molecule has 2 heteroatoms. The van der Waals surface area contributed by atoms with Gasteiger partial charge in [0.1, 0.15) is 0 Å². The Morgan fingerprint density at radius 2 is 1.44 bits per heavy atom. The van der Waals surface area contributed by atoms with Gasteiger partial charge in [-0.3, -0.25) is 5.43 Å². The number of nitrogens with zero attached hydrogens (tertiary/aromatic N) is 1. The molecular weight excluding hydrogens is 196 g/mol. The van der Waals surface area contributed by atoms with Gasteiger partial charge >= 0.3 is 0 Å². The van der Waals surface area contributed by atoms with E-state index in [1.54, 1.807) is 0 Å². The van der Waals surface area contributed by atoms with Crippen LogP contribution in [0, 0.1) is 5.92 Å². The van der Waals surface area contributed by atoms with Crippen LogP contribution in [0.2, 0.25) is 0 Å². The second kappa shape index (κ2) is 6.61. The highest BCUT2D eigenvalue weighted by Gasteiger charge is 2.18. The molecule has 2 aliphatic carbocycles. The Hall–Kier alpha value is -0.0800. The fourth-order valence-corrected chi connectivity index (χ4v) is 3.35. The highest BCUT2D eigenvalue weighted by molar-refractivity contribution is 4.72. The van der Waals surface area contributed by atoms with Crippen molar-refractivity contribution in [1.29, 1.82) is 0 Å². The molecule has 0 aromatic carbocycles. The minimum Gasteiger partial charge on any atom is -0.252 e. The van der Waals surface area contributed by atoms with E-state index in [2.05, 4.69) is 17.5 Å². The summed E-state index contributed by atoms with van der Waals surface area (Å²) in [5.74, 6) is 0.954. The largest absolute Gasteiger partial charge is 0.252 e. The Morgan fingerprint density at radius 3 is 2.06 bits per heavy atom. The van der Waals surface area contributed by atoms with Gasteiger partial charge in [-0.2, -0.15) is 0 Å². The van der Waals surface area contributed by atoms with Crippen molar-refractivity contribution in [2.24, 2.45) is 5.92 Å². The van der Waals surface area contributed by atoms with E-state index < -0.39 is 0 Å². The Kier molecular flexibility index (Phi) is 5.11. The Balaban J connectivity index is 1.64. The molecule has 2 nitrogen and oxygen atoms in total. The second-order valence-electron chi connectivity index (χ2n) is 5.85. The summed E-state index contributed by atoms with van der Waals surface area (Å²) in [7, 11) is 2.24. The van der Waals surface area contributed by atoms with Crippen LogP contribution in [0.1, 0.15) is 64.2 Å². The van der Waals surface area contributed by atoms with Gasteiger partial charge < -0.3 is 0 Å². The van der Waals surface area contributed by atoms with E-state index in [0.717, 1.165) is 12.0 Å². The van der Waals surface area contributed by atoms with E-state index in [9.17, 15) is 0 Å². The lowest BCUT2D eigenvalue weighted by molar-refractivity contribution is 0.135. The zero-order valence-corrected chi connectivity index (χ0v) is 10.9. The van der Waals surface area contributed by atoms with Crippen molar-refractivity contribution in [3.8, 4) is 0 Å². The van der Waals surface area contributed by atoms with Gasteiger partial charge in [0.25, 0.3) is 0 Å². The molecule has 0 aliphatic heterocycles. The fraction of sp³-hybridized carbons (Fsp3) is 1.00. The topological polar surface area (TPSA) is 15.3 Å². The summed E-state index contributed by atoms with van der Waals surface area (Å²) in [5, 5.41) is 2.38. The van der Waals surface area contributed by atoms with E-state index in [1.807, 2.05) is 0 Å². The Bertz CT molecular complexity index is 161. The van der Waals surface area contributed by atoms with Crippen molar-refractivity contribution in [3.05, 3.63) is 0 Å². The third kappa shape index (κ3) is 4.06. The maximum Gasteiger partial charge on any atom is 0.0215 e. The molecule has 16 heavy (non-hydrogen) atoms. The molecule has 2 saturated carbocycles. The van der Waals surface area contributed by atoms with Crippen LogP contribution >= 0.6 is 0 Å². The number of hydrogen-bond donors (Lipinski definition) is 1. The Labute approximate surface area is 101 Å². The third-order valence-corrected chi connectivity index (χ3v) is 4.26. The first-order valence-corrected chi connectivity index (χ1v) is 7.32. The quantitative estimate of drug-likeness (QED) is 0.737. The van der Waals surface area contributed by atoms with Gasteiger partial charge in [-0.25, -0.2) is 5.01 Å². The summed E-state index contributed by atoms with van der Waals surface area (Å²) in [5.41, 5.74) is 3.70. The van der Waals surface area contributed by atoms with Crippen molar-refractivity contribution in [2.45, 2.75) is 70.3 Å². The molecule has 94 valence electrons. The molecule has 0 unspecified atom stereocenters. The average molecular weight is 224 g/mol. The normalized spacial score (nSPS) is 25.1. The smallest absolute Gasteiger partial charge is 0.0215 e. The van der Waals surface area contributed by atoms with E-state index in [-0.39, 0.29) is 0 Å². The summed E-state index contributed by atoms with van der Waals surface area (Å²) in [6.45, 7) is 1.26. The number of hydrogen-bond acceptors (Lipinski definition) is 2. The zero-order chi connectivity index (χ0) is 11.2. The molecule has 0 atom stereocenters. The summed E-state index contributed by atoms with van der Waals surface area (Å²) in [6, 6.07) is 0.766. The van der Waals surface area contributed by atoms with Crippen molar-refractivity contribution in [1.82, 2.24) is 10.4 Å². The summed E-state index contributed by atoms with van der Waals surface area (Å²) >= 11 is 0. The lowest BCUT2D eigenvalue weighted by atomic mass is 9.89. The zero-order valence-electron chi connectivity index (χ0n) is 10.9. The number of hydrazine groups is 1. The van der Waals surface area contributed by atoms with Crippen LogP contribution in [-0.4, -0.2) is 24.6 Å². The van der Waals surface area contributed by atoms with Gasteiger partial charge in [0, 0.05) is 19.6 Å². The minimum atomic E-state index is 0.766. The van der Waals surface area contributed by atoms with Gasteiger partial charge in [-0.1, -0.05) is 38.5 Å². The van der Waals surface area contributed by atoms with Gasteiger partial charge in [-0.05, 0) is 31.6 Å². The summed E-state index contributed by atoms with van der Waals surface area (Å²) in [6.07, 6.45) is 14.4. The molecule has 0 aromatic rings. The van der Waals surface area contributed by atoms with Gasteiger partial charge in [0.2, 0.25) is 0 Å². The van der Waals surface area contributed by atoms with Crippen molar-refractivity contribution < 1.29 is 0 Å². The monoisotopic (exact) mass is 224 g/mol. The third-order valence-electron chi connectivity index (χ3n) is 4.26. The van der Waals surface area contributed by atoms with Crippen LogP contribution < -0.4 is 5.43 Å². The molecule has 0 aromatic heterocycles. The van der Waals surface area contributed by atoms with Crippen LogP contribution in [0.25, 0.3) is 0 Å². The maximum atomic E-state index is 3.70. The molecule has 0 spiro atoms. The molecule has 0 bridgehead atoms. The molecule has 2 fully saturated rings. The fourth-order valence-electron chi connectivity index (χ4n) is 3.35. The van der Waals surface area contributed by atoms with E-state index in [0.29, 0.717) is 0 Å². The van der Waals surface area contributed by atoms with Crippen molar-refractivity contribution in [3.63, 3.8) is 0 Å². The molecule has 0 amide bonds. The van der Waals surface area contributed by atoms with Gasteiger partial charge in [-0.15, -0.1) is 0 Å². The van der Waals surface area contributed by atoms with Crippen LogP contribution in [0.4, 0.5) is 0 Å². The SMILES string of the molecule is CN(CC1CCCCC1)NC1CCCCC1. The molecule has 0 saturated heterocycles. The molecule has 0 heterocycles. The lowest BCUT2D eigenvalue weighted by Crippen LogP contribution is -2.45. The first-order valence-electron chi connectivity index (χ1n) is 7.32. The standard InChI is InChI=1S/C14H28N2/c1-16(12-13-8-4-2-5-9-13)15-14-10-6-3-7-11-14/h13-15H,2-12H2,1H3. The highest BCUT2D eigenvalue weighted by atomic mass is 15.5. The van der Waals surface area contributed by atoms with Gasteiger partial charge in [0.15, 0.2) is 0 Å². The van der Waals surface area contributed by atoms with Crippen molar-refractivity contribution in [2.75, 3.05) is 13.6 Å². The second-order valence-corrected chi connectivity index (χ2v) is 5.85. The first kappa shape index (κ1) is 12.4. The van der Waals surface area contributed by atoms with Crippen LogP contribution in [0.3, 0.4) is 0 Å². The lowest BCUT2D eigenvalue weighted by Gasteiger charge is -2.32. The minimum absolute atomic E-state index is 0.766. The van der Waals surface area contributed by atoms with Crippen LogP contribution in [0.5, 0.6) is 0 Å². The maximum absolute atomic E-state index is 3.70. The molecule has 1 N–H and O–H groups in total. The summed E-state index contributed by atoms with van der Waals surface area (Å²) < 4.78 is 0. The number of rotatable bonds is 4. The Morgan fingerprint density at radius 1 is 0.875 bits per heavy atom. The highest BCUT2D eigenvalue weighted by Crippen LogP contribution is 2.24. The van der Waals surface area contributed by atoms with Crippen molar-refractivity contribution >= 4 is 0 Å². The first-order chi connectivity index (χ1) is 7.84. The summed E-state index contributed by atoms with van der Waals surface area (Å²) in [4.78, 5) is 0. The molecule has 2 aliphatic rings. The average Bonchev–Trinajstić information content (AvgIpc) is 2.31. The van der Waals surface area contributed by atoms with E-state index >= 15 is 0 Å². The van der Waals surface area contributed by atoms with Crippen LogP contribution in [-0.2, 0) is 0 Å². The predicted molar refractivity (Wildman–Crippen MR) is 69.2 cm³/mol.